The van der Waals surface area contributed by atoms with E-state index < -0.39 is 0 Å². The van der Waals surface area contributed by atoms with Gasteiger partial charge in [-0.1, -0.05) is 33.6 Å². The third-order valence-corrected chi connectivity index (χ3v) is 3.73. The third kappa shape index (κ3) is 2.90. The molecule has 1 aromatic heterocycles. The van der Waals surface area contributed by atoms with Gasteiger partial charge >= 0.3 is 0 Å². The molecule has 18 heavy (non-hydrogen) atoms. The van der Waals surface area contributed by atoms with Crippen LogP contribution in [0.5, 0.6) is 5.75 Å². The van der Waals surface area contributed by atoms with Crippen molar-refractivity contribution in [3.63, 3.8) is 0 Å². The Kier molecular flexibility index (Phi) is 4.36. The van der Waals surface area contributed by atoms with Gasteiger partial charge in [-0.3, -0.25) is 0 Å². The molecule has 4 heteroatoms. The highest BCUT2D eigenvalue weighted by Gasteiger charge is 2.18. The van der Waals surface area contributed by atoms with Crippen molar-refractivity contribution in [3.8, 4) is 5.75 Å². The van der Waals surface area contributed by atoms with Crippen LogP contribution in [0.15, 0.2) is 34.7 Å². The maximum absolute atomic E-state index is 5.81. The van der Waals surface area contributed by atoms with Crippen LogP contribution in [0, 0.1) is 6.92 Å². The lowest BCUT2D eigenvalue weighted by Gasteiger charge is -2.14. The minimum absolute atomic E-state index is 0.0635. The quantitative estimate of drug-likeness (QED) is 0.726. The van der Waals surface area contributed by atoms with E-state index in [1.807, 2.05) is 32.0 Å². The summed E-state index contributed by atoms with van der Waals surface area (Å²) in [5, 5.41) is 0.389. The Morgan fingerprint density at radius 2 is 2.11 bits per heavy atom. The molecule has 1 heterocycles. The van der Waals surface area contributed by atoms with E-state index in [1.165, 1.54) is 5.56 Å². The molecule has 0 aliphatic heterocycles. The summed E-state index contributed by atoms with van der Waals surface area (Å²) in [6.07, 6.45) is 0. The van der Waals surface area contributed by atoms with Crippen molar-refractivity contribution < 1.29 is 9.15 Å². The zero-order valence-electron chi connectivity index (χ0n) is 10.2. The molecular formula is C14H14BrClO2. The Morgan fingerprint density at radius 1 is 1.33 bits per heavy atom. The van der Waals surface area contributed by atoms with Crippen molar-refractivity contribution in [2.75, 3.05) is 6.61 Å². The molecule has 0 N–H and O–H groups in total. The van der Waals surface area contributed by atoms with Gasteiger partial charge in [-0.2, -0.15) is 0 Å². The van der Waals surface area contributed by atoms with Crippen molar-refractivity contribution in [2.45, 2.75) is 18.7 Å². The topological polar surface area (TPSA) is 22.4 Å². The molecule has 2 nitrogen and oxygen atoms in total. The zero-order chi connectivity index (χ0) is 13.1. The molecule has 0 radical (unpaired) electrons. The summed E-state index contributed by atoms with van der Waals surface area (Å²) in [5.74, 6) is 1.63. The lowest BCUT2D eigenvalue weighted by atomic mass is 10.1. The second-order valence-corrected chi connectivity index (χ2v) is 5.27. The molecule has 0 aliphatic rings. The van der Waals surface area contributed by atoms with Crippen LogP contribution in [0.1, 0.15) is 28.6 Å². The number of hydrogen-bond acceptors (Lipinski definition) is 2. The van der Waals surface area contributed by atoms with E-state index >= 15 is 0 Å². The van der Waals surface area contributed by atoms with E-state index in [0.29, 0.717) is 11.8 Å². The van der Waals surface area contributed by atoms with Gasteiger partial charge in [-0.15, -0.1) is 0 Å². The van der Waals surface area contributed by atoms with E-state index in [2.05, 4.69) is 22.0 Å². The van der Waals surface area contributed by atoms with Crippen LogP contribution in [-0.4, -0.2) is 6.61 Å². The minimum Gasteiger partial charge on any atom is -0.494 e. The van der Waals surface area contributed by atoms with Gasteiger partial charge < -0.3 is 9.15 Å². The zero-order valence-corrected chi connectivity index (χ0v) is 12.6. The fraction of sp³-hybridized carbons (Fsp3) is 0.286. The second kappa shape index (κ2) is 5.81. The lowest BCUT2D eigenvalue weighted by molar-refractivity contribution is 0.336. The third-order valence-electron chi connectivity index (χ3n) is 2.58. The van der Waals surface area contributed by atoms with Gasteiger partial charge in [0.2, 0.25) is 0 Å². The predicted octanol–water partition coefficient (Wildman–Crippen LogP) is 5.12. The molecule has 0 spiro atoms. The van der Waals surface area contributed by atoms with Gasteiger partial charge in [0.15, 0.2) is 5.22 Å². The molecule has 2 rings (SSSR count). The molecule has 1 aromatic carbocycles. The summed E-state index contributed by atoms with van der Waals surface area (Å²) in [5.41, 5.74) is 2.22. The summed E-state index contributed by atoms with van der Waals surface area (Å²) in [6.45, 7) is 4.65. The highest BCUT2D eigenvalue weighted by molar-refractivity contribution is 9.09. The van der Waals surface area contributed by atoms with Crippen molar-refractivity contribution in [2.24, 2.45) is 0 Å². The Balaban J connectivity index is 2.39. The number of rotatable bonds is 4. The number of aryl methyl sites for hydroxylation is 1. The van der Waals surface area contributed by atoms with Crippen LogP contribution >= 0.6 is 27.5 Å². The molecule has 0 fully saturated rings. The highest BCUT2D eigenvalue weighted by Crippen LogP contribution is 2.38. The fourth-order valence-corrected chi connectivity index (χ4v) is 2.53. The average molecular weight is 330 g/mol. The lowest BCUT2D eigenvalue weighted by Crippen LogP contribution is -1.99. The van der Waals surface area contributed by atoms with Gasteiger partial charge in [0.25, 0.3) is 0 Å². The van der Waals surface area contributed by atoms with Gasteiger partial charge in [-0.05, 0) is 43.6 Å². The molecule has 0 saturated carbocycles. The van der Waals surface area contributed by atoms with Crippen LogP contribution in [0.2, 0.25) is 5.22 Å². The maximum atomic E-state index is 5.81. The Bertz CT molecular complexity index is 536. The second-order valence-electron chi connectivity index (χ2n) is 3.98. The summed E-state index contributed by atoms with van der Waals surface area (Å²) < 4.78 is 11.1. The molecule has 96 valence electrons. The molecule has 0 aliphatic carbocycles. The van der Waals surface area contributed by atoms with E-state index in [1.54, 1.807) is 6.07 Å². The van der Waals surface area contributed by atoms with Crippen LogP contribution in [0.4, 0.5) is 0 Å². The van der Waals surface area contributed by atoms with E-state index in [0.717, 1.165) is 17.1 Å². The number of furan rings is 1. The van der Waals surface area contributed by atoms with Crippen molar-refractivity contribution >= 4 is 27.5 Å². The van der Waals surface area contributed by atoms with Gasteiger partial charge in [0, 0.05) is 5.56 Å². The summed E-state index contributed by atoms with van der Waals surface area (Å²) in [7, 11) is 0. The Morgan fingerprint density at radius 3 is 2.72 bits per heavy atom. The normalized spacial score (nSPS) is 12.4. The van der Waals surface area contributed by atoms with E-state index in [-0.39, 0.29) is 4.83 Å². The Hall–Kier alpha value is -0.930. The largest absolute Gasteiger partial charge is 0.494 e. The van der Waals surface area contributed by atoms with Crippen molar-refractivity contribution in [1.29, 1.82) is 0 Å². The summed E-state index contributed by atoms with van der Waals surface area (Å²) in [4.78, 5) is -0.0635. The number of halogens is 2. The summed E-state index contributed by atoms with van der Waals surface area (Å²) in [6, 6.07) is 9.69. The fourth-order valence-electron chi connectivity index (χ4n) is 1.77. The standard InChI is InChI=1S/C14H14BrClO2/c1-3-17-11-5-4-9(2)8-10(11)14(15)12-6-7-13(16)18-12/h4-8,14H,3H2,1-2H3. The van der Waals surface area contributed by atoms with Gasteiger partial charge in [0.05, 0.1) is 6.61 Å². The maximum Gasteiger partial charge on any atom is 0.193 e. The number of ether oxygens (including phenoxy) is 1. The molecule has 1 unspecified atom stereocenters. The first-order chi connectivity index (χ1) is 8.61. The average Bonchev–Trinajstić information content (AvgIpc) is 2.77. The predicted molar refractivity (Wildman–Crippen MR) is 76.8 cm³/mol. The van der Waals surface area contributed by atoms with Gasteiger partial charge in [0.1, 0.15) is 16.3 Å². The molecule has 1 atom stereocenters. The molecule has 0 bridgehead atoms. The Labute approximate surface area is 120 Å². The molecule has 2 aromatic rings. The molecular weight excluding hydrogens is 316 g/mol. The number of hydrogen-bond donors (Lipinski definition) is 0. The first kappa shape index (κ1) is 13.5. The first-order valence-corrected chi connectivity index (χ1v) is 7.04. The molecule has 0 amide bonds. The van der Waals surface area contributed by atoms with Crippen molar-refractivity contribution in [3.05, 3.63) is 52.4 Å². The van der Waals surface area contributed by atoms with E-state index in [9.17, 15) is 0 Å². The number of benzene rings is 1. The van der Waals surface area contributed by atoms with Crippen LogP contribution in [-0.2, 0) is 0 Å². The minimum atomic E-state index is -0.0635. The summed E-state index contributed by atoms with van der Waals surface area (Å²) >= 11 is 9.44. The highest BCUT2D eigenvalue weighted by atomic mass is 79.9. The van der Waals surface area contributed by atoms with Gasteiger partial charge in [-0.25, -0.2) is 0 Å². The van der Waals surface area contributed by atoms with Crippen LogP contribution in [0.25, 0.3) is 0 Å². The monoisotopic (exact) mass is 328 g/mol. The van der Waals surface area contributed by atoms with Crippen molar-refractivity contribution in [1.82, 2.24) is 0 Å². The van der Waals surface area contributed by atoms with Crippen LogP contribution in [0.3, 0.4) is 0 Å². The SMILES string of the molecule is CCOc1ccc(C)cc1C(Br)c1ccc(Cl)o1. The smallest absolute Gasteiger partial charge is 0.193 e. The first-order valence-electron chi connectivity index (χ1n) is 5.74. The molecule has 0 saturated heterocycles. The van der Waals surface area contributed by atoms with E-state index in [4.69, 9.17) is 20.8 Å². The number of alkyl halides is 1. The van der Waals surface area contributed by atoms with Crippen LogP contribution < -0.4 is 4.74 Å².